The first-order valence-electron chi connectivity index (χ1n) is 7.51. The Labute approximate surface area is 124 Å². The van der Waals surface area contributed by atoms with Crippen LogP contribution in [-0.2, 0) is 4.74 Å². The zero-order valence-corrected chi connectivity index (χ0v) is 12.3. The predicted octanol–water partition coefficient (Wildman–Crippen LogP) is 3.76. The standard InChI is InChI=1S/C16H21NO4/c1-2-12-6-3-4-9-16(12)21-11-15(18)13-7-5-8-14(10-13)17(19)20/h5,7-8,10,12,16H,2-4,6,9,11H2,1H3. The van der Waals surface area contributed by atoms with Crippen LogP contribution in [0.1, 0.15) is 49.4 Å². The Bertz CT molecular complexity index is 515. The van der Waals surface area contributed by atoms with Gasteiger partial charge in [-0.25, -0.2) is 0 Å². The number of nitro groups is 1. The van der Waals surface area contributed by atoms with Gasteiger partial charge in [0, 0.05) is 17.7 Å². The van der Waals surface area contributed by atoms with Gasteiger partial charge in [-0.2, -0.15) is 0 Å². The fourth-order valence-corrected chi connectivity index (χ4v) is 2.92. The summed E-state index contributed by atoms with van der Waals surface area (Å²) in [5, 5.41) is 10.7. The molecule has 5 heteroatoms. The normalized spacial score (nSPS) is 22.0. The average molecular weight is 291 g/mol. The number of benzene rings is 1. The number of Topliss-reactive ketones (excluding diaryl/α,β-unsaturated/α-hetero) is 1. The molecule has 2 atom stereocenters. The summed E-state index contributed by atoms with van der Waals surface area (Å²) in [6, 6.07) is 5.81. The third kappa shape index (κ3) is 4.11. The van der Waals surface area contributed by atoms with Gasteiger partial charge in [-0.3, -0.25) is 14.9 Å². The summed E-state index contributed by atoms with van der Waals surface area (Å²) in [7, 11) is 0. The van der Waals surface area contributed by atoms with Gasteiger partial charge >= 0.3 is 0 Å². The van der Waals surface area contributed by atoms with Crippen LogP contribution in [0.25, 0.3) is 0 Å². The highest BCUT2D eigenvalue weighted by Crippen LogP contribution is 2.29. The van der Waals surface area contributed by atoms with Gasteiger partial charge in [0.05, 0.1) is 11.0 Å². The third-order valence-electron chi connectivity index (χ3n) is 4.17. The van der Waals surface area contributed by atoms with E-state index in [0.717, 1.165) is 25.7 Å². The zero-order chi connectivity index (χ0) is 15.2. The van der Waals surface area contributed by atoms with Crippen LogP contribution in [0.2, 0.25) is 0 Å². The van der Waals surface area contributed by atoms with Crippen LogP contribution < -0.4 is 0 Å². The molecule has 0 bridgehead atoms. The van der Waals surface area contributed by atoms with Crippen molar-refractivity contribution < 1.29 is 14.5 Å². The van der Waals surface area contributed by atoms with Crippen LogP contribution in [-0.4, -0.2) is 23.4 Å². The Morgan fingerprint density at radius 3 is 2.86 bits per heavy atom. The summed E-state index contributed by atoms with van der Waals surface area (Å²) in [5.41, 5.74) is 0.276. The van der Waals surface area contributed by atoms with Crippen molar-refractivity contribution in [1.82, 2.24) is 0 Å². The molecule has 1 aromatic rings. The Kier molecular flexibility index (Phi) is 5.44. The lowest BCUT2D eigenvalue weighted by Crippen LogP contribution is -2.29. The van der Waals surface area contributed by atoms with Crippen molar-refractivity contribution in [2.24, 2.45) is 5.92 Å². The van der Waals surface area contributed by atoms with Gasteiger partial charge < -0.3 is 4.74 Å². The van der Waals surface area contributed by atoms with E-state index in [9.17, 15) is 14.9 Å². The maximum absolute atomic E-state index is 12.1. The van der Waals surface area contributed by atoms with Crippen molar-refractivity contribution in [3.05, 3.63) is 39.9 Å². The summed E-state index contributed by atoms with van der Waals surface area (Å²) in [4.78, 5) is 22.3. The molecular formula is C16H21NO4. The highest BCUT2D eigenvalue weighted by Gasteiger charge is 2.25. The van der Waals surface area contributed by atoms with Gasteiger partial charge in [0.2, 0.25) is 0 Å². The quantitative estimate of drug-likeness (QED) is 0.454. The van der Waals surface area contributed by atoms with Gasteiger partial charge in [0.25, 0.3) is 5.69 Å². The topological polar surface area (TPSA) is 69.4 Å². The Balaban J connectivity index is 1.95. The van der Waals surface area contributed by atoms with Crippen LogP contribution in [0.4, 0.5) is 5.69 Å². The highest BCUT2D eigenvalue weighted by molar-refractivity contribution is 5.97. The van der Waals surface area contributed by atoms with Crippen molar-refractivity contribution in [2.75, 3.05) is 6.61 Å². The minimum Gasteiger partial charge on any atom is -0.370 e. The minimum atomic E-state index is -0.494. The smallest absolute Gasteiger partial charge is 0.270 e. The maximum Gasteiger partial charge on any atom is 0.270 e. The number of ketones is 1. The number of carbonyl (C=O) groups is 1. The molecule has 2 unspecified atom stereocenters. The molecule has 0 heterocycles. The van der Waals surface area contributed by atoms with Crippen LogP contribution >= 0.6 is 0 Å². The second-order valence-corrected chi connectivity index (χ2v) is 5.53. The Morgan fingerprint density at radius 1 is 1.38 bits per heavy atom. The van der Waals surface area contributed by atoms with Crippen molar-refractivity contribution in [3.63, 3.8) is 0 Å². The molecule has 0 spiro atoms. The number of nitro benzene ring substituents is 1. The monoisotopic (exact) mass is 291 g/mol. The molecule has 21 heavy (non-hydrogen) atoms. The van der Waals surface area contributed by atoms with E-state index in [1.807, 2.05) is 0 Å². The lowest BCUT2D eigenvalue weighted by molar-refractivity contribution is -0.384. The number of non-ortho nitro benzene ring substituents is 1. The predicted molar refractivity (Wildman–Crippen MR) is 79.4 cm³/mol. The molecule has 0 aromatic heterocycles. The van der Waals surface area contributed by atoms with Crippen LogP contribution in [0, 0.1) is 16.0 Å². The van der Waals surface area contributed by atoms with Crippen molar-refractivity contribution in [3.8, 4) is 0 Å². The summed E-state index contributed by atoms with van der Waals surface area (Å²) in [5.74, 6) is 0.329. The largest absolute Gasteiger partial charge is 0.370 e. The van der Waals surface area contributed by atoms with Gasteiger partial charge in [-0.05, 0) is 18.8 Å². The molecule has 1 aliphatic carbocycles. The van der Waals surface area contributed by atoms with E-state index in [2.05, 4.69) is 6.92 Å². The highest BCUT2D eigenvalue weighted by atomic mass is 16.6. The lowest BCUT2D eigenvalue weighted by Gasteiger charge is -2.30. The van der Waals surface area contributed by atoms with Gasteiger partial charge in [0.15, 0.2) is 5.78 Å². The van der Waals surface area contributed by atoms with E-state index >= 15 is 0 Å². The number of ether oxygens (including phenoxy) is 1. The fourth-order valence-electron chi connectivity index (χ4n) is 2.92. The first-order valence-corrected chi connectivity index (χ1v) is 7.51. The molecule has 1 aromatic carbocycles. The summed E-state index contributed by atoms with van der Waals surface area (Å²) < 4.78 is 5.78. The molecule has 1 aliphatic rings. The van der Waals surface area contributed by atoms with Crippen molar-refractivity contribution >= 4 is 11.5 Å². The molecular weight excluding hydrogens is 270 g/mol. The summed E-state index contributed by atoms with van der Waals surface area (Å²) in [6.07, 6.45) is 5.75. The first-order chi connectivity index (χ1) is 10.1. The van der Waals surface area contributed by atoms with E-state index in [4.69, 9.17) is 4.74 Å². The molecule has 1 saturated carbocycles. The first kappa shape index (κ1) is 15.6. The van der Waals surface area contributed by atoms with Gasteiger partial charge in [0.1, 0.15) is 6.61 Å². The molecule has 0 N–H and O–H groups in total. The summed E-state index contributed by atoms with van der Waals surface area (Å²) >= 11 is 0. The van der Waals surface area contributed by atoms with Crippen molar-refractivity contribution in [1.29, 1.82) is 0 Å². The van der Waals surface area contributed by atoms with Gasteiger partial charge in [-0.1, -0.05) is 38.3 Å². The van der Waals surface area contributed by atoms with Gasteiger partial charge in [-0.15, -0.1) is 0 Å². The van der Waals surface area contributed by atoms with E-state index in [1.165, 1.54) is 24.6 Å². The van der Waals surface area contributed by atoms with E-state index in [-0.39, 0.29) is 24.2 Å². The zero-order valence-electron chi connectivity index (χ0n) is 12.3. The molecule has 114 valence electrons. The second kappa shape index (κ2) is 7.31. The number of nitrogens with zero attached hydrogens (tertiary/aromatic N) is 1. The Hall–Kier alpha value is -1.75. The fraction of sp³-hybridized carbons (Fsp3) is 0.562. The second-order valence-electron chi connectivity index (χ2n) is 5.53. The SMILES string of the molecule is CCC1CCCCC1OCC(=O)c1cccc([N+](=O)[O-])c1. The molecule has 0 amide bonds. The Morgan fingerprint density at radius 2 is 2.14 bits per heavy atom. The number of rotatable bonds is 6. The number of carbonyl (C=O) groups excluding carboxylic acids is 1. The van der Waals surface area contributed by atoms with E-state index in [1.54, 1.807) is 6.07 Å². The third-order valence-corrected chi connectivity index (χ3v) is 4.17. The summed E-state index contributed by atoms with van der Waals surface area (Å²) in [6.45, 7) is 2.15. The molecule has 2 rings (SSSR count). The van der Waals surface area contributed by atoms with Crippen LogP contribution in [0.3, 0.4) is 0 Å². The minimum absolute atomic E-state index is 0.00232. The molecule has 0 radical (unpaired) electrons. The number of hydrogen-bond donors (Lipinski definition) is 0. The van der Waals surface area contributed by atoms with Crippen LogP contribution in [0.15, 0.2) is 24.3 Å². The maximum atomic E-state index is 12.1. The number of hydrogen-bond acceptors (Lipinski definition) is 4. The van der Waals surface area contributed by atoms with Crippen LogP contribution in [0.5, 0.6) is 0 Å². The molecule has 5 nitrogen and oxygen atoms in total. The molecule has 0 saturated heterocycles. The lowest BCUT2D eigenvalue weighted by atomic mass is 9.85. The molecule has 0 aliphatic heterocycles. The molecule has 1 fully saturated rings. The van der Waals surface area contributed by atoms with E-state index in [0.29, 0.717) is 11.5 Å². The van der Waals surface area contributed by atoms with E-state index < -0.39 is 4.92 Å². The average Bonchev–Trinajstić information content (AvgIpc) is 2.52. The van der Waals surface area contributed by atoms with Crippen molar-refractivity contribution in [2.45, 2.75) is 45.1 Å².